The molecule has 2 aromatic heterocycles. The number of hydrogen-bond donors (Lipinski definition) is 1. The maximum absolute atomic E-state index is 10.7. The number of rotatable bonds is 6. The van der Waals surface area contributed by atoms with Crippen molar-refractivity contribution in [3.05, 3.63) is 46.1 Å². The number of carbonyl (C=O) groups is 1. The molecule has 0 amide bonds. The van der Waals surface area contributed by atoms with Gasteiger partial charge in [0.05, 0.1) is 22.2 Å². The summed E-state index contributed by atoms with van der Waals surface area (Å²) in [6.45, 7) is 1.78. The molecule has 0 aliphatic rings. The highest BCUT2D eigenvalue weighted by Crippen LogP contribution is 2.34. The van der Waals surface area contributed by atoms with E-state index in [1.54, 1.807) is 19.1 Å². The van der Waals surface area contributed by atoms with Crippen LogP contribution < -0.4 is 4.74 Å². The molecule has 0 saturated carbocycles. The first-order valence-electron chi connectivity index (χ1n) is 7.37. The summed E-state index contributed by atoms with van der Waals surface area (Å²) in [7, 11) is 0. The molecule has 0 saturated heterocycles. The van der Waals surface area contributed by atoms with E-state index >= 15 is 0 Å². The lowest BCUT2D eigenvalue weighted by molar-refractivity contribution is -0.136. The first-order chi connectivity index (χ1) is 11.9. The minimum atomic E-state index is -0.904. The van der Waals surface area contributed by atoms with Crippen molar-refractivity contribution in [2.75, 3.05) is 0 Å². The molecule has 9 heteroatoms. The highest BCUT2D eigenvalue weighted by atomic mass is 35.5. The Bertz CT molecular complexity index is 912. The Balaban J connectivity index is 1.83. The van der Waals surface area contributed by atoms with Gasteiger partial charge in [-0.2, -0.15) is 0 Å². The van der Waals surface area contributed by atoms with Crippen LogP contribution in [0.5, 0.6) is 5.75 Å². The van der Waals surface area contributed by atoms with Crippen LogP contribution in [0.25, 0.3) is 11.0 Å². The predicted molar refractivity (Wildman–Crippen MR) is 91.1 cm³/mol. The molecule has 130 valence electrons. The Morgan fingerprint density at radius 1 is 1.32 bits per heavy atom. The van der Waals surface area contributed by atoms with Crippen LogP contribution in [0.3, 0.4) is 0 Å². The highest BCUT2D eigenvalue weighted by Gasteiger charge is 2.17. The Kier molecular flexibility index (Phi) is 5.06. The quantitative estimate of drug-likeness (QED) is 0.686. The molecule has 3 aromatic rings. The van der Waals surface area contributed by atoms with E-state index in [0.29, 0.717) is 38.3 Å². The summed E-state index contributed by atoms with van der Waals surface area (Å²) in [6, 6.07) is 3.26. The van der Waals surface area contributed by atoms with Gasteiger partial charge in [0.1, 0.15) is 5.75 Å². The minimum Gasteiger partial charge on any atom is -0.481 e. The number of ether oxygens (including phenoxy) is 1. The highest BCUT2D eigenvalue weighted by molar-refractivity contribution is 6.32. The second-order valence-electron chi connectivity index (χ2n) is 5.32. The van der Waals surface area contributed by atoms with Gasteiger partial charge >= 0.3 is 5.97 Å². The van der Waals surface area contributed by atoms with Gasteiger partial charge in [-0.05, 0) is 13.0 Å². The van der Waals surface area contributed by atoms with Crippen LogP contribution in [0.15, 0.2) is 29.0 Å². The fraction of sp³-hybridized carbons (Fsp3) is 0.250. The molecular weight excluding hydrogens is 369 g/mol. The van der Waals surface area contributed by atoms with Crippen LogP contribution in [0.2, 0.25) is 10.0 Å². The molecule has 0 aliphatic heterocycles. The van der Waals surface area contributed by atoms with Gasteiger partial charge in [-0.3, -0.25) is 4.79 Å². The maximum atomic E-state index is 10.7. The van der Waals surface area contributed by atoms with Gasteiger partial charge < -0.3 is 14.4 Å². The third-order valence-corrected chi connectivity index (χ3v) is 3.97. The fourth-order valence-corrected chi connectivity index (χ4v) is 2.57. The van der Waals surface area contributed by atoms with E-state index in [0.717, 1.165) is 0 Å². The second kappa shape index (κ2) is 7.25. The Morgan fingerprint density at radius 2 is 2.04 bits per heavy atom. The van der Waals surface area contributed by atoms with Gasteiger partial charge in [-0.15, -0.1) is 0 Å². The van der Waals surface area contributed by atoms with E-state index in [1.165, 1.54) is 12.4 Å². The molecule has 2 heterocycles. The van der Waals surface area contributed by atoms with Crippen LogP contribution in [-0.2, 0) is 11.2 Å². The van der Waals surface area contributed by atoms with Crippen molar-refractivity contribution in [3.63, 3.8) is 0 Å². The Labute approximate surface area is 152 Å². The number of benzene rings is 1. The molecule has 3 rings (SSSR count). The average molecular weight is 382 g/mol. The normalized spacial score (nSPS) is 12.3. The number of fused-ring (bicyclic) bond motifs is 1. The van der Waals surface area contributed by atoms with Crippen molar-refractivity contribution >= 4 is 40.1 Å². The SMILES string of the molecule is C[C@@H](Oc1cc2onc(CCC(=O)O)c2cc1Cl)c1ncc(Cl)cn1. The van der Waals surface area contributed by atoms with Gasteiger partial charge in [-0.25, -0.2) is 9.97 Å². The van der Waals surface area contributed by atoms with Crippen molar-refractivity contribution in [1.82, 2.24) is 15.1 Å². The molecule has 0 radical (unpaired) electrons. The first-order valence-corrected chi connectivity index (χ1v) is 8.13. The van der Waals surface area contributed by atoms with E-state index in [9.17, 15) is 4.79 Å². The van der Waals surface area contributed by atoms with E-state index in [4.69, 9.17) is 37.6 Å². The van der Waals surface area contributed by atoms with E-state index in [2.05, 4.69) is 15.1 Å². The third kappa shape index (κ3) is 4.00. The average Bonchev–Trinajstić information content (AvgIpc) is 2.95. The molecular formula is C16H13Cl2N3O4. The zero-order valence-electron chi connectivity index (χ0n) is 13.1. The molecule has 25 heavy (non-hydrogen) atoms. The summed E-state index contributed by atoms with van der Waals surface area (Å²) >= 11 is 12.1. The van der Waals surface area contributed by atoms with Crippen molar-refractivity contribution in [1.29, 1.82) is 0 Å². The molecule has 0 spiro atoms. The van der Waals surface area contributed by atoms with Crippen LogP contribution in [0.1, 0.15) is 31.0 Å². The van der Waals surface area contributed by atoms with Gasteiger partial charge in [0.25, 0.3) is 0 Å². The zero-order valence-corrected chi connectivity index (χ0v) is 14.6. The van der Waals surface area contributed by atoms with Crippen molar-refractivity contribution in [2.45, 2.75) is 25.9 Å². The van der Waals surface area contributed by atoms with Crippen LogP contribution in [0.4, 0.5) is 0 Å². The topological polar surface area (TPSA) is 98.3 Å². The molecule has 7 nitrogen and oxygen atoms in total. The van der Waals surface area contributed by atoms with Crippen molar-refractivity contribution in [3.8, 4) is 5.75 Å². The van der Waals surface area contributed by atoms with E-state index < -0.39 is 12.1 Å². The van der Waals surface area contributed by atoms with Gasteiger partial charge in [0, 0.05) is 30.3 Å². The monoisotopic (exact) mass is 381 g/mol. The number of carboxylic acids is 1. The van der Waals surface area contributed by atoms with Crippen LogP contribution in [0, 0.1) is 0 Å². The number of hydrogen-bond acceptors (Lipinski definition) is 6. The molecule has 1 aromatic carbocycles. The molecule has 0 unspecified atom stereocenters. The summed E-state index contributed by atoms with van der Waals surface area (Å²) in [6.07, 6.45) is 2.73. The van der Waals surface area contributed by atoms with Crippen LogP contribution in [-0.4, -0.2) is 26.2 Å². The lowest BCUT2D eigenvalue weighted by Gasteiger charge is -2.14. The lowest BCUT2D eigenvalue weighted by atomic mass is 10.1. The third-order valence-electron chi connectivity index (χ3n) is 3.48. The number of halogens is 2. The van der Waals surface area contributed by atoms with E-state index in [-0.39, 0.29) is 12.8 Å². The van der Waals surface area contributed by atoms with Crippen LogP contribution >= 0.6 is 23.2 Å². The van der Waals surface area contributed by atoms with Gasteiger partial charge in [0.2, 0.25) is 0 Å². The molecule has 0 fully saturated rings. The van der Waals surface area contributed by atoms with Gasteiger partial charge in [0.15, 0.2) is 17.5 Å². The summed E-state index contributed by atoms with van der Waals surface area (Å²) in [4.78, 5) is 18.9. The summed E-state index contributed by atoms with van der Waals surface area (Å²) in [5.74, 6) is -0.0552. The largest absolute Gasteiger partial charge is 0.481 e. The summed E-state index contributed by atoms with van der Waals surface area (Å²) in [5, 5.41) is 14.1. The standard InChI is InChI=1S/C16H13Cl2N3O4/c1-8(16-19-6-9(17)7-20-16)24-14-5-13-10(4-11(14)18)12(21-25-13)2-3-15(22)23/h4-8H,2-3H2,1H3,(H,22,23)/t8-/m1/s1. The first kappa shape index (κ1) is 17.4. The van der Waals surface area contributed by atoms with Gasteiger partial charge in [-0.1, -0.05) is 28.4 Å². The van der Waals surface area contributed by atoms with Crippen molar-refractivity contribution in [2.24, 2.45) is 0 Å². The van der Waals surface area contributed by atoms with Crippen molar-refractivity contribution < 1.29 is 19.2 Å². The molecule has 0 bridgehead atoms. The zero-order chi connectivity index (χ0) is 18.0. The number of carboxylic acid groups (broad SMARTS) is 1. The molecule has 0 aliphatic carbocycles. The number of aryl methyl sites for hydroxylation is 1. The molecule has 1 N–H and O–H groups in total. The Hall–Kier alpha value is -2.38. The minimum absolute atomic E-state index is 0.0392. The Morgan fingerprint density at radius 3 is 2.72 bits per heavy atom. The summed E-state index contributed by atoms with van der Waals surface area (Å²) in [5.41, 5.74) is 1.00. The lowest BCUT2D eigenvalue weighted by Crippen LogP contribution is -2.07. The molecule has 1 atom stereocenters. The number of aliphatic carboxylic acids is 1. The predicted octanol–water partition coefficient (Wildman–Crippen LogP) is 4.08. The van der Waals surface area contributed by atoms with E-state index in [1.807, 2.05) is 0 Å². The number of nitrogens with zero attached hydrogens (tertiary/aromatic N) is 3. The summed E-state index contributed by atoms with van der Waals surface area (Å²) < 4.78 is 11.1. The maximum Gasteiger partial charge on any atom is 0.303 e. The number of aromatic nitrogens is 3. The smallest absolute Gasteiger partial charge is 0.303 e. The fourth-order valence-electron chi connectivity index (χ4n) is 2.26. The second-order valence-corrected chi connectivity index (χ2v) is 6.16.